The Morgan fingerprint density at radius 2 is 2.24 bits per heavy atom. The lowest BCUT2D eigenvalue weighted by Gasteiger charge is -2.15. The van der Waals surface area contributed by atoms with Crippen LogP contribution in [0.15, 0.2) is 18.2 Å². The Bertz CT molecular complexity index is 421. The molecule has 3 rings (SSSR count). The molecule has 17 heavy (non-hydrogen) atoms. The van der Waals surface area contributed by atoms with Crippen LogP contribution in [0.4, 0.5) is 4.39 Å². The number of hydrogen-bond donors (Lipinski definition) is 0. The molecule has 1 aliphatic carbocycles. The zero-order valence-electron chi connectivity index (χ0n) is 9.66. The van der Waals surface area contributed by atoms with Crippen molar-refractivity contribution in [1.82, 2.24) is 0 Å². The van der Waals surface area contributed by atoms with E-state index in [2.05, 4.69) is 0 Å². The molecule has 1 aromatic carbocycles. The number of ether oxygens (including phenoxy) is 1. The maximum Gasteiger partial charge on any atom is 0.123 e. The highest BCUT2D eigenvalue weighted by molar-refractivity contribution is 6.20. The van der Waals surface area contributed by atoms with E-state index in [-0.39, 0.29) is 11.9 Å². The standard InChI is InChI=1S/C14H16ClFO/c15-11-2-1-9(5-11)6-13-8-10-7-12(16)3-4-14(10)17-13/h3-4,7,9,11,13H,1-2,5-6,8H2. The third-order valence-corrected chi connectivity index (χ3v) is 4.23. The predicted molar refractivity (Wildman–Crippen MR) is 66.1 cm³/mol. The third kappa shape index (κ3) is 2.42. The lowest BCUT2D eigenvalue weighted by atomic mass is 9.97. The molecule has 0 saturated heterocycles. The van der Waals surface area contributed by atoms with Crippen LogP contribution in [0.25, 0.3) is 0 Å². The van der Waals surface area contributed by atoms with E-state index in [0.29, 0.717) is 11.3 Å². The Kier molecular flexibility index (Phi) is 2.99. The normalized spacial score (nSPS) is 31.3. The van der Waals surface area contributed by atoms with Crippen molar-refractivity contribution >= 4 is 11.6 Å². The Labute approximate surface area is 106 Å². The number of fused-ring (bicyclic) bond motifs is 1. The first-order valence-electron chi connectivity index (χ1n) is 6.30. The average Bonchev–Trinajstić information content (AvgIpc) is 2.84. The summed E-state index contributed by atoms with van der Waals surface area (Å²) in [7, 11) is 0. The minimum absolute atomic E-state index is 0.172. The molecule has 3 unspecified atom stereocenters. The van der Waals surface area contributed by atoms with Crippen LogP contribution in [0.1, 0.15) is 31.2 Å². The summed E-state index contributed by atoms with van der Waals surface area (Å²) in [5.74, 6) is 1.37. The summed E-state index contributed by atoms with van der Waals surface area (Å²) < 4.78 is 18.9. The van der Waals surface area contributed by atoms with E-state index < -0.39 is 0 Å². The number of rotatable bonds is 2. The lowest BCUT2D eigenvalue weighted by molar-refractivity contribution is 0.194. The summed E-state index contributed by atoms with van der Waals surface area (Å²) >= 11 is 6.11. The Balaban J connectivity index is 1.62. The van der Waals surface area contributed by atoms with E-state index in [0.717, 1.165) is 37.0 Å². The van der Waals surface area contributed by atoms with Crippen molar-refractivity contribution in [3.8, 4) is 5.75 Å². The van der Waals surface area contributed by atoms with Crippen molar-refractivity contribution in [3.05, 3.63) is 29.6 Å². The van der Waals surface area contributed by atoms with Crippen molar-refractivity contribution in [1.29, 1.82) is 0 Å². The van der Waals surface area contributed by atoms with Gasteiger partial charge in [0.25, 0.3) is 0 Å². The molecule has 3 heteroatoms. The van der Waals surface area contributed by atoms with Crippen LogP contribution < -0.4 is 4.74 Å². The molecular formula is C14H16ClFO. The Hall–Kier alpha value is -0.760. The quantitative estimate of drug-likeness (QED) is 0.727. The Morgan fingerprint density at radius 3 is 3.00 bits per heavy atom. The fraction of sp³-hybridized carbons (Fsp3) is 0.571. The largest absolute Gasteiger partial charge is 0.490 e. The van der Waals surface area contributed by atoms with E-state index in [1.54, 1.807) is 12.1 Å². The lowest BCUT2D eigenvalue weighted by Crippen LogP contribution is -2.17. The highest BCUT2D eigenvalue weighted by Crippen LogP contribution is 2.37. The molecule has 1 saturated carbocycles. The zero-order chi connectivity index (χ0) is 11.8. The highest BCUT2D eigenvalue weighted by Gasteiger charge is 2.30. The topological polar surface area (TPSA) is 9.23 Å². The summed E-state index contributed by atoms with van der Waals surface area (Å²) in [6, 6.07) is 4.80. The van der Waals surface area contributed by atoms with E-state index in [1.807, 2.05) is 0 Å². The minimum atomic E-state index is -0.172. The molecule has 0 radical (unpaired) electrons. The predicted octanol–water partition coefficient (Wildman–Crippen LogP) is 3.93. The van der Waals surface area contributed by atoms with Gasteiger partial charge in [0, 0.05) is 17.4 Å². The van der Waals surface area contributed by atoms with Crippen LogP contribution in [0, 0.1) is 11.7 Å². The molecule has 0 spiro atoms. The van der Waals surface area contributed by atoms with Crippen molar-refractivity contribution < 1.29 is 9.13 Å². The number of alkyl halides is 1. The fourth-order valence-electron chi connectivity index (χ4n) is 3.02. The molecule has 0 amide bonds. The van der Waals surface area contributed by atoms with Crippen LogP contribution in [-0.4, -0.2) is 11.5 Å². The molecule has 1 aliphatic heterocycles. The number of hydrogen-bond acceptors (Lipinski definition) is 1. The van der Waals surface area contributed by atoms with Gasteiger partial charge in [0.1, 0.15) is 17.7 Å². The van der Waals surface area contributed by atoms with Crippen molar-refractivity contribution in [2.75, 3.05) is 0 Å². The molecule has 1 fully saturated rings. The molecule has 2 aliphatic rings. The highest BCUT2D eigenvalue weighted by atomic mass is 35.5. The van der Waals surface area contributed by atoms with Crippen LogP contribution in [0.2, 0.25) is 0 Å². The van der Waals surface area contributed by atoms with Crippen molar-refractivity contribution in [3.63, 3.8) is 0 Å². The molecular weight excluding hydrogens is 239 g/mol. The number of halogens is 2. The van der Waals surface area contributed by atoms with Crippen molar-refractivity contribution in [2.45, 2.75) is 43.6 Å². The molecule has 1 nitrogen and oxygen atoms in total. The second-order valence-corrected chi connectivity index (χ2v) is 5.83. The second-order valence-electron chi connectivity index (χ2n) is 5.21. The van der Waals surface area contributed by atoms with Gasteiger partial charge < -0.3 is 4.74 Å². The van der Waals surface area contributed by atoms with Gasteiger partial charge in [-0.3, -0.25) is 0 Å². The van der Waals surface area contributed by atoms with E-state index in [9.17, 15) is 4.39 Å². The summed E-state index contributed by atoms with van der Waals surface area (Å²) in [5, 5.41) is 0.348. The summed E-state index contributed by atoms with van der Waals surface area (Å²) in [6.07, 6.45) is 5.56. The van der Waals surface area contributed by atoms with E-state index >= 15 is 0 Å². The van der Waals surface area contributed by atoms with Gasteiger partial charge >= 0.3 is 0 Å². The average molecular weight is 255 g/mol. The molecule has 3 atom stereocenters. The van der Waals surface area contributed by atoms with Crippen LogP contribution >= 0.6 is 11.6 Å². The molecule has 0 N–H and O–H groups in total. The van der Waals surface area contributed by atoms with Gasteiger partial charge in [-0.1, -0.05) is 0 Å². The van der Waals surface area contributed by atoms with Gasteiger partial charge in [0.2, 0.25) is 0 Å². The fourth-order valence-corrected chi connectivity index (χ4v) is 3.40. The smallest absolute Gasteiger partial charge is 0.123 e. The molecule has 1 aromatic rings. The van der Waals surface area contributed by atoms with Gasteiger partial charge in [-0.05, 0) is 49.8 Å². The van der Waals surface area contributed by atoms with Gasteiger partial charge in [0.05, 0.1) is 0 Å². The van der Waals surface area contributed by atoms with Gasteiger partial charge in [-0.2, -0.15) is 0 Å². The van der Waals surface area contributed by atoms with E-state index in [1.165, 1.54) is 12.5 Å². The monoisotopic (exact) mass is 254 g/mol. The summed E-state index contributed by atoms with van der Waals surface area (Å²) in [5.41, 5.74) is 1.01. The van der Waals surface area contributed by atoms with Gasteiger partial charge in [-0.25, -0.2) is 4.39 Å². The zero-order valence-corrected chi connectivity index (χ0v) is 10.4. The molecule has 1 heterocycles. The first-order valence-corrected chi connectivity index (χ1v) is 6.73. The molecule has 92 valence electrons. The number of benzene rings is 1. The third-order valence-electron chi connectivity index (χ3n) is 3.84. The van der Waals surface area contributed by atoms with Gasteiger partial charge in [-0.15, -0.1) is 11.6 Å². The molecule has 0 aromatic heterocycles. The van der Waals surface area contributed by atoms with E-state index in [4.69, 9.17) is 16.3 Å². The van der Waals surface area contributed by atoms with Crippen LogP contribution in [0.5, 0.6) is 5.75 Å². The second kappa shape index (κ2) is 4.49. The van der Waals surface area contributed by atoms with Crippen molar-refractivity contribution in [2.24, 2.45) is 5.92 Å². The van der Waals surface area contributed by atoms with Gasteiger partial charge in [0.15, 0.2) is 0 Å². The first kappa shape index (κ1) is 11.3. The Morgan fingerprint density at radius 1 is 1.35 bits per heavy atom. The molecule has 0 bridgehead atoms. The van der Waals surface area contributed by atoms with Crippen LogP contribution in [-0.2, 0) is 6.42 Å². The summed E-state index contributed by atoms with van der Waals surface area (Å²) in [6.45, 7) is 0. The maximum absolute atomic E-state index is 13.1. The van der Waals surface area contributed by atoms with Crippen LogP contribution in [0.3, 0.4) is 0 Å². The first-order chi connectivity index (χ1) is 8.20. The SMILES string of the molecule is Fc1ccc2c(c1)CC(CC1CCC(Cl)C1)O2. The maximum atomic E-state index is 13.1. The minimum Gasteiger partial charge on any atom is -0.490 e. The summed E-state index contributed by atoms with van der Waals surface area (Å²) in [4.78, 5) is 0.